The van der Waals surface area contributed by atoms with Crippen molar-refractivity contribution in [1.29, 1.82) is 0 Å². The lowest BCUT2D eigenvalue weighted by Gasteiger charge is -1.73. The zero-order valence-corrected chi connectivity index (χ0v) is 3.85. The van der Waals surface area contributed by atoms with Crippen LogP contribution in [0.25, 0.3) is 0 Å². The summed E-state index contributed by atoms with van der Waals surface area (Å²) < 4.78 is 16.3. The Bertz CT molecular complexity index is 192. The lowest BCUT2D eigenvalue weighted by Crippen LogP contribution is -1.76. The third kappa shape index (κ3) is 0.621. The lowest BCUT2D eigenvalue weighted by molar-refractivity contribution is 0.495. The first-order valence-corrected chi connectivity index (χ1v) is 1.95. The van der Waals surface area contributed by atoms with Gasteiger partial charge in [0.1, 0.15) is 0 Å². The van der Waals surface area contributed by atoms with Crippen molar-refractivity contribution in [1.82, 2.24) is 0 Å². The summed E-state index contributed by atoms with van der Waals surface area (Å²) in [5.41, 5.74) is 0. The monoisotopic (exact) mass is 113 g/mol. The Balaban J connectivity index is 3.09. The topological polar surface area (TPSA) is 30.2 Å². The molecule has 0 saturated carbocycles. The normalized spacial score (nSPS) is 9.12. The second kappa shape index (κ2) is 1.78. The molecule has 1 rings (SSSR count). The van der Waals surface area contributed by atoms with Gasteiger partial charge in [-0.15, -0.1) is 0 Å². The van der Waals surface area contributed by atoms with Gasteiger partial charge in [-0.25, -0.2) is 4.39 Å². The Kier molecular flexibility index (Phi) is 1.12. The summed E-state index contributed by atoms with van der Waals surface area (Å²) in [6, 6.07) is 1.06. The molecule has 0 aromatic carbocycles. The van der Waals surface area contributed by atoms with E-state index in [9.17, 15) is 9.18 Å². The molecular formula is C5H2FO2. The van der Waals surface area contributed by atoms with Gasteiger partial charge in [-0.05, 0) is 0 Å². The van der Waals surface area contributed by atoms with Gasteiger partial charge in [0.2, 0.25) is 5.76 Å². The largest absolute Gasteiger partial charge is 0.457 e. The van der Waals surface area contributed by atoms with E-state index in [1.807, 2.05) is 0 Å². The first-order chi connectivity index (χ1) is 3.84. The van der Waals surface area contributed by atoms with Crippen LogP contribution in [0.5, 0.6) is 0 Å². The van der Waals surface area contributed by atoms with Crippen molar-refractivity contribution >= 4 is 6.29 Å². The maximum absolute atomic E-state index is 12.0. The number of hydrogen-bond donors (Lipinski definition) is 0. The van der Waals surface area contributed by atoms with E-state index in [-0.39, 0.29) is 5.76 Å². The Hall–Kier alpha value is -1.12. The van der Waals surface area contributed by atoms with Gasteiger partial charge >= 0.3 is 0 Å². The highest BCUT2D eigenvalue weighted by Crippen LogP contribution is 2.02. The summed E-state index contributed by atoms with van der Waals surface area (Å²) in [5, 5.41) is 0. The summed E-state index contributed by atoms with van der Waals surface area (Å²) >= 11 is 0. The number of halogens is 1. The number of carbonyl (C=O) groups excluding carboxylic acids is 1. The fraction of sp³-hybridized carbons (Fsp3) is 0. The van der Waals surface area contributed by atoms with E-state index in [0.717, 1.165) is 12.3 Å². The Morgan fingerprint density at radius 3 is 2.75 bits per heavy atom. The molecule has 0 bridgehead atoms. The zero-order valence-electron chi connectivity index (χ0n) is 3.85. The predicted octanol–water partition coefficient (Wildman–Crippen LogP) is 0.877. The zero-order chi connectivity index (χ0) is 5.98. The van der Waals surface area contributed by atoms with Crippen molar-refractivity contribution in [3.8, 4) is 0 Å². The summed E-state index contributed by atoms with van der Waals surface area (Å²) in [4.78, 5) is 9.63. The molecule has 0 aliphatic heterocycles. The molecule has 0 fully saturated rings. The van der Waals surface area contributed by atoms with Gasteiger partial charge in [0.15, 0.2) is 5.82 Å². The third-order valence-electron chi connectivity index (χ3n) is 0.710. The molecule has 3 heteroatoms. The average Bonchev–Trinajstić information content (AvgIpc) is 2.14. The molecule has 1 radical (unpaired) electrons. The van der Waals surface area contributed by atoms with Gasteiger partial charge in [0.25, 0.3) is 6.29 Å². The Morgan fingerprint density at radius 2 is 2.50 bits per heavy atom. The van der Waals surface area contributed by atoms with Crippen molar-refractivity contribution < 1.29 is 13.6 Å². The maximum atomic E-state index is 12.0. The molecule has 0 unspecified atom stereocenters. The molecule has 0 atom stereocenters. The van der Waals surface area contributed by atoms with Gasteiger partial charge in [-0.3, -0.25) is 4.79 Å². The molecule has 0 spiro atoms. The molecule has 1 aromatic heterocycles. The second-order valence-corrected chi connectivity index (χ2v) is 1.20. The van der Waals surface area contributed by atoms with Crippen LogP contribution in [0.1, 0.15) is 5.76 Å². The van der Waals surface area contributed by atoms with E-state index in [1.54, 1.807) is 0 Å². The van der Waals surface area contributed by atoms with Crippen LogP contribution in [-0.2, 0) is 4.79 Å². The molecule has 0 amide bonds. The van der Waals surface area contributed by atoms with Crippen molar-refractivity contribution in [2.75, 3.05) is 0 Å². The highest BCUT2D eigenvalue weighted by atomic mass is 19.1. The van der Waals surface area contributed by atoms with E-state index < -0.39 is 5.82 Å². The summed E-state index contributed by atoms with van der Waals surface area (Å²) in [6.07, 6.45) is 2.38. The van der Waals surface area contributed by atoms with Crippen LogP contribution in [0.2, 0.25) is 0 Å². The number of hydrogen-bond acceptors (Lipinski definition) is 2. The minimum atomic E-state index is -0.667. The van der Waals surface area contributed by atoms with E-state index in [0.29, 0.717) is 0 Å². The van der Waals surface area contributed by atoms with E-state index in [2.05, 4.69) is 4.42 Å². The van der Waals surface area contributed by atoms with Crippen molar-refractivity contribution in [3.63, 3.8) is 0 Å². The lowest BCUT2D eigenvalue weighted by atomic mass is 10.5. The van der Waals surface area contributed by atoms with Crippen molar-refractivity contribution in [2.24, 2.45) is 0 Å². The summed E-state index contributed by atoms with van der Waals surface area (Å²) in [6.45, 7) is 0. The molecule has 0 saturated heterocycles. The summed E-state index contributed by atoms with van der Waals surface area (Å²) in [7, 11) is 0. The van der Waals surface area contributed by atoms with Crippen molar-refractivity contribution in [3.05, 3.63) is 23.9 Å². The van der Waals surface area contributed by atoms with Gasteiger partial charge in [0.05, 0.1) is 6.26 Å². The first-order valence-electron chi connectivity index (χ1n) is 1.95. The van der Waals surface area contributed by atoms with Gasteiger partial charge in [-0.2, -0.15) is 0 Å². The molecule has 0 aliphatic carbocycles. The summed E-state index contributed by atoms with van der Waals surface area (Å²) in [5.74, 6) is -1.04. The first kappa shape index (κ1) is 5.03. The molecule has 0 aliphatic rings. The molecule has 41 valence electrons. The smallest absolute Gasteiger partial charge is 0.275 e. The van der Waals surface area contributed by atoms with Crippen LogP contribution in [0.4, 0.5) is 4.39 Å². The quantitative estimate of drug-likeness (QED) is 0.541. The third-order valence-corrected chi connectivity index (χ3v) is 0.710. The molecule has 0 N–H and O–H groups in total. The van der Waals surface area contributed by atoms with E-state index >= 15 is 0 Å². The van der Waals surface area contributed by atoms with Crippen molar-refractivity contribution in [2.45, 2.75) is 0 Å². The Labute approximate surface area is 44.9 Å². The predicted molar refractivity (Wildman–Crippen MR) is 23.5 cm³/mol. The molecular weight excluding hydrogens is 111 g/mol. The van der Waals surface area contributed by atoms with Crippen LogP contribution < -0.4 is 0 Å². The molecule has 1 aromatic rings. The van der Waals surface area contributed by atoms with Crippen LogP contribution in [0, 0.1) is 5.82 Å². The van der Waals surface area contributed by atoms with Gasteiger partial charge < -0.3 is 4.42 Å². The minimum Gasteiger partial charge on any atom is -0.457 e. The van der Waals surface area contributed by atoms with Crippen LogP contribution in [0.3, 0.4) is 0 Å². The Morgan fingerprint density at radius 1 is 1.75 bits per heavy atom. The van der Waals surface area contributed by atoms with Crippen LogP contribution in [0.15, 0.2) is 16.7 Å². The van der Waals surface area contributed by atoms with E-state index in [1.165, 1.54) is 6.29 Å². The second-order valence-electron chi connectivity index (χ2n) is 1.20. The number of rotatable bonds is 1. The molecule has 1 heterocycles. The van der Waals surface area contributed by atoms with Crippen LogP contribution >= 0.6 is 0 Å². The van der Waals surface area contributed by atoms with Gasteiger partial charge in [0, 0.05) is 6.07 Å². The molecule has 2 nitrogen and oxygen atoms in total. The van der Waals surface area contributed by atoms with Crippen LogP contribution in [-0.4, -0.2) is 6.29 Å². The fourth-order valence-corrected chi connectivity index (χ4v) is 0.367. The average molecular weight is 113 g/mol. The van der Waals surface area contributed by atoms with E-state index in [4.69, 9.17) is 0 Å². The fourth-order valence-electron chi connectivity index (χ4n) is 0.367. The highest BCUT2D eigenvalue weighted by Gasteiger charge is 2.01. The highest BCUT2D eigenvalue weighted by molar-refractivity contribution is 5.71. The number of furan rings is 1. The SMILES string of the molecule is O=[C]c1occc1F. The minimum absolute atomic E-state index is 0.370. The maximum Gasteiger partial charge on any atom is 0.275 e. The van der Waals surface area contributed by atoms with Gasteiger partial charge in [-0.1, -0.05) is 0 Å². The standard InChI is InChI=1S/C5H2FO2/c6-4-1-2-8-5(4)3-7/h1-2H. The molecule has 8 heavy (non-hydrogen) atoms.